The highest BCUT2D eigenvalue weighted by Crippen LogP contribution is 2.15. The van der Waals surface area contributed by atoms with Crippen LogP contribution >= 0.6 is 0 Å². The molecule has 1 aliphatic rings. The second-order valence-corrected chi connectivity index (χ2v) is 6.06. The Balaban J connectivity index is 1.68. The molecule has 0 aromatic carbocycles. The Kier molecular flexibility index (Phi) is 4.40. The molecule has 1 N–H and O–H groups in total. The van der Waals surface area contributed by atoms with Crippen molar-refractivity contribution in [3.8, 4) is 0 Å². The fourth-order valence-electron chi connectivity index (χ4n) is 2.19. The van der Waals surface area contributed by atoms with Gasteiger partial charge in [-0.05, 0) is 46.6 Å². The van der Waals surface area contributed by atoms with Crippen LogP contribution in [0.3, 0.4) is 0 Å². The molecule has 0 radical (unpaired) electrons. The Bertz CT molecular complexity index is 361. The summed E-state index contributed by atoms with van der Waals surface area (Å²) in [6, 6.07) is 0. The molecule has 4 heteroatoms. The third-order valence-electron chi connectivity index (χ3n) is 3.32. The van der Waals surface area contributed by atoms with Crippen LogP contribution in [0, 0.1) is 0 Å². The van der Waals surface area contributed by atoms with Crippen LogP contribution in [0.4, 0.5) is 0 Å². The fraction of sp³-hybridized carbons (Fsp3) is 0.786. The monoisotopic (exact) mass is 251 g/mol. The van der Waals surface area contributed by atoms with Gasteiger partial charge in [-0.2, -0.15) is 5.10 Å². The third-order valence-corrected chi connectivity index (χ3v) is 3.32. The molecule has 0 bridgehead atoms. The topological polar surface area (TPSA) is 39.1 Å². The van der Waals surface area contributed by atoms with Crippen molar-refractivity contribution in [2.24, 2.45) is 0 Å². The lowest BCUT2D eigenvalue weighted by atomic mass is 10.1. The van der Waals surface area contributed by atoms with Gasteiger partial charge in [0.05, 0.1) is 17.8 Å². The lowest BCUT2D eigenvalue weighted by Gasteiger charge is -2.18. The van der Waals surface area contributed by atoms with Gasteiger partial charge in [-0.1, -0.05) is 0 Å². The molecule has 2 rings (SSSR count). The SMILES string of the molecule is CC(C)(C)n1cc(CNCCC2CCCO2)cn1. The largest absolute Gasteiger partial charge is 0.378 e. The Hall–Kier alpha value is -0.870. The predicted molar refractivity (Wildman–Crippen MR) is 72.5 cm³/mol. The number of rotatable bonds is 5. The van der Waals surface area contributed by atoms with E-state index in [0.29, 0.717) is 6.10 Å². The van der Waals surface area contributed by atoms with Crippen LogP contribution in [-0.4, -0.2) is 29.0 Å². The van der Waals surface area contributed by atoms with Crippen molar-refractivity contribution in [3.63, 3.8) is 0 Å². The van der Waals surface area contributed by atoms with Crippen LogP contribution in [0.15, 0.2) is 12.4 Å². The average molecular weight is 251 g/mol. The van der Waals surface area contributed by atoms with Crippen molar-refractivity contribution >= 4 is 0 Å². The zero-order valence-corrected chi connectivity index (χ0v) is 11.8. The molecule has 1 aliphatic heterocycles. The Morgan fingerprint density at radius 2 is 2.33 bits per heavy atom. The summed E-state index contributed by atoms with van der Waals surface area (Å²) >= 11 is 0. The molecule has 1 fully saturated rings. The average Bonchev–Trinajstić information content (AvgIpc) is 2.95. The van der Waals surface area contributed by atoms with Crippen LogP contribution in [0.25, 0.3) is 0 Å². The Morgan fingerprint density at radius 3 is 2.94 bits per heavy atom. The molecule has 4 nitrogen and oxygen atoms in total. The number of nitrogens with one attached hydrogen (secondary N) is 1. The van der Waals surface area contributed by atoms with Crippen molar-refractivity contribution in [1.82, 2.24) is 15.1 Å². The maximum absolute atomic E-state index is 5.60. The van der Waals surface area contributed by atoms with E-state index in [0.717, 1.165) is 26.1 Å². The lowest BCUT2D eigenvalue weighted by Crippen LogP contribution is -2.22. The maximum atomic E-state index is 5.60. The highest BCUT2D eigenvalue weighted by molar-refractivity contribution is 5.04. The molecule has 1 aromatic heterocycles. The zero-order valence-electron chi connectivity index (χ0n) is 11.8. The van der Waals surface area contributed by atoms with E-state index in [4.69, 9.17) is 4.74 Å². The molecule has 18 heavy (non-hydrogen) atoms. The van der Waals surface area contributed by atoms with E-state index in [1.54, 1.807) is 0 Å². The van der Waals surface area contributed by atoms with Gasteiger partial charge in [-0.25, -0.2) is 0 Å². The molecule has 0 aliphatic carbocycles. The number of ether oxygens (including phenoxy) is 1. The summed E-state index contributed by atoms with van der Waals surface area (Å²) in [6.45, 7) is 9.34. The summed E-state index contributed by atoms with van der Waals surface area (Å²) in [5.41, 5.74) is 1.31. The van der Waals surface area contributed by atoms with Crippen LogP contribution in [0.2, 0.25) is 0 Å². The van der Waals surface area contributed by atoms with E-state index in [2.05, 4.69) is 37.4 Å². The lowest BCUT2D eigenvalue weighted by molar-refractivity contribution is 0.104. The first-order valence-electron chi connectivity index (χ1n) is 6.92. The van der Waals surface area contributed by atoms with Crippen molar-refractivity contribution in [1.29, 1.82) is 0 Å². The van der Waals surface area contributed by atoms with Gasteiger partial charge in [0.2, 0.25) is 0 Å². The highest BCUT2D eigenvalue weighted by Gasteiger charge is 2.15. The predicted octanol–water partition coefficient (Wildman–Crippen LogP) is 2.30. The molecule has 0 saturated carbocycles. The molecule has 102 valence electrons. The van der Waals surface area contributed by atoms with E-state index < -0.39 is 0 Å². The molecule has 1 atom stereocenters. The molecule has 1 aromatic rings. The third kappa shape index (κ3) is 3.82. The Morgan fingerprint density at radius 1 is 1.50 bits per heavy atom. The molecule has 1 unspecified atom stereocenters. The van der Waals surface area contributed by atoms with E-state index in [1.165, 1.54) is 18.4 Å². The van der Waals surface area contributed by atoms with E-state index in [9.17, 15) is 0 Å². The van der Waals surface area contributed by atoms with Crippen molar-refractivity contribution < 1.29 is 4.74 Å². The van der Waals surface area contributed by atoms with Crippen LogP contribution in [0.5, 0.6) is 0 Å². The second kappa shape index (κ2) is 5.85. The van der Waals surface area contributed by atoms with E-state index >= 15 is 0 Å². The van der Waals surface area contributed by atoms with E-state index in [-0.39, 0.29) is 5.54 Å². The standard InChI is InChI=1S/C14H25N3O/c1-14(2,3)17-11-12(10-16-17)9-15-7-6-13-5-4-8-18-13/h10-11,13,15H,4-9H2,1-3H3. The summed E-state index contributed by atoms with van der Waals surface area (Å²) in [4.78, 5) is 0. The van der Waals surface area contributed by atoms with Gasteiger partial charge in [-0.15, -0.1) is 0 Å². The quantitative estimate of drug-likeness (QED) is 0.816. The van der Waals surface area contributed by atoms with Gasteiger partial charge in [0, 0.05) is 24.9 Å². The number of hydrogen-bond acceptors (Lipinski definition) is 3. The van der Waals surface area contributed by atoms with Crippen molar-refractivity contribution in [2.75, 3.05) is 13.2 Å². The number of hydrogen-bond donors (Lipinski definition) is 1. The normalized spacial score (nSPS) is 20.5. The van der Waals surface area contributed by atoms with Gasteiger partial charge in [-0.3, -0.25) is 4.68 Å². The van der Waals surface area contributed by atoms with Crippen LogP contribution < -0.4 is 5.32 Å². The number of aromatic nitrogens is 2. The van der Waals surface area contributed by atoms with Gasteiger partial charge >= 0.3 is 0 Å². The van der Waals surface area contributed by atoms with Gasteiger partial charge in [0.15, 0.2) is 0 Å². The molecule has 2 heterocycles. The van der Waals surface area contributed by atoms with Gasteiger partial charge in [0.25, 0.3) is 0 Å². The molecular weight excluding hydrogens is 226 g/mol. The first-order valence-corrected chi connectivity index (χ1v) is 6.92. The molecular formula is C14H25N3O. The summed E-state index contributed by atoms with van der Waals surface area (Å²) < 4.78 is 7.62. The second-order valence-electron chi connectivity index (χ2n) is 6.06. The summed E-state index contributed by atoms with van der Waals surface area (Å²) in [7, 11) is 0. The first-order chi connectivity index (χ1) is 8.55. The minimum Gasteiger partial charge on any atom is -0.378 e. The number of nitrogens with zero attached hydrogens (tertiary/aromatic N) is 2. The van der Waals surface area contributed by atoms with Gasteiger partial charge < -0.3 is 10.1 Å². The minimum atomic E-state index is 0.0654. The van der Waals surface area contributed by atoms with Crippen molar-refractivity contribution in [3.05, 3.63) is 18.0 Å². The van der Waals surface area contributed by atoms with E-state index in [1.807, 2.05) is 10.9 Å². The fourth-order valence-corrected chi connectivity index (χ4v) is 2.19. The molecule has 0 amide bonds. The maximum Gasteiger partial charge on any atom is 0.0588 e. The minimum absolute atomic E-state index is 0.0654. The van der Waals surface area contributed by atoms with Gasteiger partial charge in [0.1, 0.15) is 0 Å². The van der Waals surface area contributed by atoms with Crippen LogP contribution in [0.1, 0.15) is 45.6 Å². The zero-order chi connectivity index (χ0) is 13.0. The molecule has 1 saturated heterocycles. The summed E-state index contributed by atoms with van der Waals surface area (Å²) in [6.07, 6.45) is 8.12. The summed E-state index contributed by atoms with van der Waals surface area (Å²) in [5, 5.41) is 7.86. The molecule has 0 spiro atoms. The highest BCUT2D eigenvalue weighted by atomic mass is 16.5. The first kappa shape index (κ1) is 13.6. The smallest absolute Gasteiger partial charge is 0.0588 e. The van der Waals surface area contributed by atoms with Crippen molar-refractivity contribution in [2.45, 2.75) is 58.2 Å². The summed E-state index contributed by atoms with van der Waals surface area (Å²) in [5.74, 6) is 0. The Labute approximate surface area is 110 Å². The van der Waals surface area contributed by atoms with Crippen LogP contribution in [-0.2, 0) is 16.8 Å².